The highest BCUT2D eigenvalue weighted by atomic mass is 16.6. The fourth-order valence-electron chi connectivity index (χ4n) is 8.61. The van der Waals surface area contributed by atoms with E-state index in [1.54, 1.807) is 4.90 Å². The molecule has 1 aromatic rings. The van der Waals surface area contributed by atoms with Crippen molar-refractivity contribution in [1.82, 2.24) is 20.9 Å². The molecule has 1 saturated heterocycles. The normalized spacial score (nSPS) is 18.9. The molecule has 65 heavy (non-hydrogen) atoms. The summed E-state index contributed by atoms with van der Waals surface area (Å²) in [5.41, 5.74) is 0.792. The molecule has 4 amide bonds. The lowest BCUT2D eigenvalue weighted by molar-refractivity contribution is -0.231. The van der Waals surface area contributed by atoms with Crippen LogP contribution in [0.2, 0.25) is 0 Å². The monoisotopic (exact) mass is 917 g/mol. The van der Waals surface area contributed by atoms with Crippen molar-refractivity contribution in [2.75, 3.05) is 19.7 Å². The Balaban J connectivity index is 2.02. The van der Waals surface area contributed by atoms with E-state index in [0.29, 0.717) is 19.4 Å². The average Bonchev–Trinajstić information content (AvgIpc) is 3.29. The van der Waals surface area contributed by atoms with Crippen LogP contribution >= 0.6 is 0 Å². The molecule has 0 aromatic heterocycles. The van der Waals surface area contributed by atoms with E-state index in [-0.39, 0.29) is 31.3 Å². The lowest BCUT2D eigenvalue weighted by atomic mass is 9.94. The lowest BCUT2D eigenvalue weighted by Gasteiger charge is -2.47. The fraction of sp³-hybridized carbons (Fsp3) is 0.808. The number of nitrogens with one attached hydrogen (secondary N) is 3. The maximum absolute atomic E-state index is 14.1. The minimum atomic E-state index is -1.57. The number of rotatable bonds is 38. The quantitative estimate of drug-likeness (QED) is 0.0352. The minimum absolute atomic E-state index is 0.0266. The first-order valence-electron chi connectivity index (χ1n) is 26.0. The molecule has 13 heteroatoms. The molecule has 1 heterocycles. The summed E-state index contributed by atoms with van der Waals surface area (Å²) in [6.45, 7) is 7.53. The van der Waals surface area contributed by atoms with Crippen LogP contribution in [0, 0.1) is 5.92 Å². The molecule has 2 rings (SSSR count). The number of nitrogens with zero attached hydrogens (tertiary/aromatic N) is 1. The van der Waals surface area contributed by atoms with Crippen molar-refractivity contribution in [3.8, 4) is 0 Å². The Labute approximate surface area is 393 Å². The van der Waals surface area contributed by atoms with Crippen LogP contribution < -0.4 is 16.0 Å². The fourth-order valence-corrected chi connectivity index (χ4v) is 8.61. The molecule has 0 saturated carbocycles. The molecule has 13 nitrogen and oxygen atoms in total. The van der Waals surface area contributed by atoms with Crippen molar-refractivity contribution in [3.05, 3.63) is 35.9 Å². The van der Waals surface area contributed by atoms with Crippen LogP contribution in [-0.2, 0) is 30.5 Å². The maximum Gasteiger partial charge on any atom is 0.408 e. The number of hydrogen-bond acceptors (Lipinski definition) is 9. The first kappa shape index (κ1) is 57.9. The topological polar surface area (TPSA) is 187 Å². The first-order chi connectivity index (χ1) is 31.5. The van der Waals surface area contributed by atoms with Gasteiger partial charge in [0, 0.05) is 13.0 Å². The molecular formula is C52H92N4O9. The molecule has 0 radical (unpaired) electrons. The van der Waals surface area contributed by atoms with E-state index in [0.717, 1.165) is 44.1 Å². The SMILES string of the molecule is CCCCCCCCCCCCCCCCCCN(C(=O)CCCCCCCCCCC)[C@@H]1O[C@H](CO)[C@@H](O)[C@H](O)[C@H]1NC(=O)CNC(=O)[C@H](CC(C)C)NC(=O)OCc1ccccc1. The van der Waals surface area contributed by atoms with Gasteiger partial charge in [0.05, 0.1) is 13.2 Å². The zero-order valence-corrected chi connectivity index (χ0v) is 41.1. The Kier molecular flexibility index (Phi) is 32.8. The van der Waals surface area contributed by atoms with E-state index in [1.807, 2.05) is 44.2 Å². The van der Waals surface area contributed by atoms with Gasteiger partial charge in [-0.1, -0.05) is 206 Å². The van der Waals surface area contributed by atoms with E-state index in [9.17, 15) is 34.5 Å². The van der Waals surface area contributed by atoms with Crippen molar-refractivity contribution in [1.29, 1.82) is 0 Å². The predicted molar refractivity (Wildman–Crippen MR) is 259 cm³/mol. The third-order valence-electron chi connectivity index (χ3n) is 12.6. The summed E-state index contributed by atoms with van der Waals surface area (Å²) < 4.78 is 11.5. The van der Waals surface area contributed by atoms with Gasteiger partial charge in [-0.15, -0.1) is 0 Å². The molecular weight excluding hydrogens is 825 g/mol. The summed E-state index contributed by atoms with van der Waals surface area (Å²) in [7, 11) is 0. The largest absolute Gasteiger partial charge is 0.445 e. The molecule has 1 aliphatic rings. The standard InChI is InChI=1S/C52H92N4O9/c1-5-7-9-11-13-15-16-17-18-19-20-21-23-25-27-32-36-56(46(59)35-31-26-24-22-14-12-10-8-6-2)51-47(49(61)48(60)44(39-57)65-51)55-45(58)38-53-50(62)43(37-41(3)4)54-52(63)64-40-42-33-29-28-30-34-42/h28-30,33-34,41,43-44,47-49,51,57,60-61H,5-27,31-32,35-40H2,1-4H3,(H,53,62)(H,54,63)(H,55,58)/t43-,44+,47+,48+,49+,51+/m0/s1. The van der Waals surface area contributed by atoms with E-state index in [1.165, 1.54) is 109 Å². The summed E-state index contributed by atoms with van der Waals surface area (Å²) in [5.74, 6) is -1.43. The lowest BCUT2D eigenvalue weighted by Crippen LogP contribution is -2.69. The van der Waals surface area contributed by atoms with Gasteiger partial charge in [0.25, 0.3) is 0 Å². The Morgan fingerprint density at radius 1 is 0.692 bits per heavy atom. The summed E-state index contributed by atoms with van der Waals surface area (Å²) in [5, 5.41) is 40.4. The highest BCUT2D eigenvalue weighted by Crippen LogP contribution is 2.26. The molecule has 0 aliphatic carbocycles. The van der Waals surface area contributed by atoms with Gasteiger partial charge in [-0.25, -0.2) is 4.79 Å². The van der Waals surface area contributed by atoms with E-state index < -0.39 is 67.7 Å². The highest BCUT2D eigenvalue weighted by molar-refractivity contribution is 5.89. The molecule has 1 aromatic carbocycles. The zero-order valence-electron chi connectivity index (χ0n) is 41.1. The molecule has 0 spiro atoms. The first-order valence-corrected chi connectivity index (χ1v) is 26.0. The number of carbonyl (C=O) groups excluding carboxylic acids is 4. The van der Waals surface area contributed by atoms with Crippen molar-refractivity contribution < 1.29 is 44.0 Å². The highest BCUT2D eigenvalue weighted by Gasteiger charge is 2.48. The number of benzene rings is 1. The van der Waals surface area contributed by atoms with Crippen molar-refractivity contribution in [2.24, 2.45) is 5.92 Å². The third kappa shape index (κ3) is 26.0. The number of unbranched alkanes of at least 4 members (excludes halogenated alkanes) is 23. The average molecular weight is 917 g/mol. The molecule has 0 unspecified atom stereocenters. The number of alkyl carbamates (subject to hydrolysis) is 1. The van der Waals surface area contributed by atoms with Crippen molar-refractivity contribution in [2.45, 2.75) is 244 Å². The second-order valence-electron chi connectivity index (χ2n) is 18.9. The second-order valence-corrected chi connectivity index (χ2v) is 18.9. The Morgan fingerprint density at radius 2 is 1.18 bits per heavy atom. The molecule has 374 valence electrons. The van der Waals surface area contributed by atoms with E-state index >= 15 is 0 Å². The molecule has 6 atom stereocenters. The van der Waals surface area contributed by atoms with Gasteiger partial charge in [0.1, 0.15) is 37.0 Å². The zero-order chi connectivity index (χ0) is 47.5. The number of hydrogen-bond donors (Lipinski definition) is 6. The molecule has 0 bridgehead atoms. The van der Waals surface area contributed by atoms with Gasteiger partial charge in [-0.2, -0.15) is 0 Å². The van der Waals surface area contributed by atoms with E-state index in [4.69, 9.17) is 9.47 Å². The maximum atomic E-state index is 14.1. The van der Waals surface area contributed by atoms with Crippen LogP contribution in [0.15, 0.2) is 30.3 Å². The number of aliphatic hydroxyl groups excluding tert-OH is 3. The molecule has 1 fully saturated rings. The van der Waals surface area contributed by atoms with Crippen LogP contribution in [-0.4, -0.2) is 100 Å². The third-order valence-corrected chi connectivity index (χ3v) is 12.6. The minimum Gasteiger partial charge on any atom is -0.445 e. The number of carbonyl (C=O) groups is 4. The number of aliphatic hydroxyl groups is 3. The van der Waals surface area contributed by atoms with Gasteiger partial charge >= 0.3 is 6.09 Å². The Morgan fingerprint density at radius 3 is 1.68 bits per heavy atom. The van der Waals surface area contributed by atoms with Crippen LogP contribution in [0.25, 0.3) is 0 Å². The molecule has 1 aliphatic heterocycles. The van der Waals surface area contributed by atoms with Gasteiger partial charge in [0.2, 0.25) is 17.7 Å². The van der Waals surface area contributed by atoms with Crippen LogP contribution in [0.5, 0.6) is 0 Å². The van der Waals surface area contributed by atoms with Crippen LogP contribution in [0.3, 0.4) is 0 Å². The smallest absolute Gasteiger partial charge is 0.408 e. The number of amides is 4. The predicted octanol–water partition coefficient (Wildman–Crippen LogP) is 9.38. The van der Waals surface area contributed by atoms with Crippen LogP contribution in [0.4, 0.5) is 4.79 Å². The molecule has 6 N–H and O–H groups in total. The number of ether oxygens (including phenoxy) is 2. The van der Waals surface area contributed by atoms with Crippen molar-refractivity contribution in [3.63, 3.8) is 0 Å². The van der Waals surface area contributed by atoms with Crippen molar-refractivity contribution >= 4 is 23.8 Å². The summed E-state index contributed by atoms with van der Waals surface area (Å²) in [6, 6.07) is 6.93. The summed E-state index contributed by atoms with van der Waals surface area (Å²) >= 11 is 0. The van der Waals surface area contributed by atoms with Gasteiger partial charge in [0.15, 0.2) is 6.23 Å². The van der Waals surface area contributed by atoms with E-state index in [2.05, 4.69) is 29.8 Å². The van der Waals surface area contributed by atoms with Gasteiger partial charge in [-0.05, 0) is 30.7 Å². The van der Waals surface area contributed by atoms with Crippen LogP contribution in [0.1, 0.15) is 207 Å². The van der Waals surface area contributed by atoms with Gasteiger partial charge in [-0.3, -0.25) is 14.4 Å². The Hall–Kier alpha value is -3.26. The van der Waals surface area contributed by atoms with Gasteiger partial charge < -0.3 is 45.6 Å². The summed E-state index contributed by atoms with van der Waals surface area (Å²) in [6.07, 6.45) is 23.8. The Bertz CT molecular complexity index is 1390. The second kappa shape index (κ2) is 36.8. The summed E-state index contributed by atoms with van der Waals surface area (Å²) in [4.78, 5) is 55.2.